The van der Waals surface area contributed by atoms with E-state index in [4.69, 9.17) is 32.7 Å². The quantitative estimate of drug-likeness (QED) is 0.357. The van der Waals surface area contributed by atoms with Gasteiger partial charge in [-0.25, -0.2) is 5.43 Å². The maximum atomic E-state index is 12.0. The van der Waals surface area contributed by atoms with Crippen LogP contribution in [0.5, 0.6) is 11.5 Å². The third-order valence-corrected chi connectivity index (χ3v) is 4.83. The molecular formula is C23H20Cl2N2O3. The van der Waals surface area contributed by atoms with Crippen molar-refractivity contribution in [3.63, 3.8) is 0 Å². The smallest absolute Gasteiger partial charge is 0.271 e. The van der Waals surface area contributed by atoms with Crippen molar-refractivity contribution in [3.05, 3.63) is 93.5 Å². The molecule has 0 aromatic heterocycles. The highest BCUT2D eigenvalue weighted by atomic mass is 35.5. The summed E-state index contributed by atoms with van der Waals surface area (Å²) < 4.78 is 11.6. The van der Waals surface area contributed by atoms with E-state index in [0.29, 0.717) is 39.3 Å². The Morgan fingerprint density at radius 1 is 0.967 bits per heavy atom. The van der Waals surface area contributed by atoms with Crippen molar-refractivity contribution < 1.29 is 14.3 Å². The molecule has 3 rings (SSSR count). The summed E-state index contributed by atoms with van der Waals surface area (Å²) in [4.78, 5) is 12.0. The second-order valence-electron chi connectivity index (χ2n) is 6.19. The van der Waals surface area contributed by atoms with E-state index < -0.39 is 0 Å². The Bertz CT molecular complexity index is 1020. The van der Waals surface area contributed by atoms with E-state index >= 15 is 0 Å². The zero-order valence-corrected chi connectivity index (χ0v) is 17.8. The normalized spacial score (nSPS) is 10.8. The van der Waals surface area contributed by atoms with Crippen molar-refractivity contribution in [1.29, 1.82) is 0 Å². The van der Waals surface area contributed by atoms with Crippen molar-refractivity contribution in [2.75, 3.05) is 6.61 Å². The molecule has 3 aromatic carbocycles. The zero-order valence-electron chi connectivity index (χ0n) is 16.3. The van der Waals surface area contributed by atoms with Crippen LogP contribution < -0.4 is 14.9 Å². The van der Waals surface area contributed by atoms with Gasteiger partial charge in [0.05, 0.1) is 12.8 Å². The molecule has 154 valence electrons. The number of halogens is 2. The van der Waals surface area contributed by atoms with Crippen molar-refractivity contribution in [2.24, 2.45) is 5.10 Å². The fourth-order valence-corrected chi connectivity index (χ4v) is 3.14. The number of benzene rings is 3. The summed E-state index contributed by atoms with van der Waals surface area (Å²) >= 11 is 12.4. The van der Waals surface area contributed by atoms with Gasteiger partial charge in [-0.15, -0.1) is 0 Å². The number of amides is 1. The van der Waals surface area contributed by atoms with E-state index in [1.807, 2.05) is 19.1 Å². The minimum Gasteiger partial charge on any atom is -0.490 e. The van der Waals surface area contributed by atoms with Crippen LogP contribution in [0.2, 0.25) is 10.0 Å². The Hall–Kier alpha value is -3.02. The van der Waals surface area contributed by atoms with Crippen molar-refractivity contribution in [3.8, 4) is 11.5 Å². The molecule has 0 heterocycles. The molecule has 0 unspecified atom stereocenters. The maximum Gasteiger partial charge on any atom is 0.271 e. The highest BCUT2D eigenvalue weighted by Crippen LogP contribution is 2.31. The molecule has 0 aliphatic carbocycles. The van der Waals surface area contributed by atoms with Crippen LogP contribution >= 0.6 is 23.2 Å². The van der Waals surface area contributed by atoms with Crippen molar-refractivity contribution >= 4 is 35.3 Å². The molecule has 30 heavy (non-hydrogen) atoms. The summed E-state index contributed by atoms with van der Waals surface area (Å²) in [5, 5.41) is 5.09. The van der Waals surface area contributed by atoms with E-state index in [0.717, 1.165) is 5.56 Å². The standard InChI is InChI=1S/C23H20Cl2N2O3/c1-2-29-22-13-16(14-26-27-23(28)17-7-4-3-5-8-17)11-12-21(22)30-15-18-19(24)9-6-10-20(18)25/h3-14H,2,15H2,1H3,(H,27,28)/b26-14+. The van der Waals surface area contributed by atoms with E-state index in [1.165, 1.54) is 6.21 Å². The van der Waals surface area contributed by atoms with Crippen LogP contribution in [0.25, 0.3) is 0 Å². The summed E-state index contributed by atoms with van der Waals surface area (Å²) in [6, 6.07) is 19.5. The first-order valence-electron chi connectivity index (χ1n) is 9.29. The summed E-state index contributed by atoms with van der Waals surface area (Å²) in [7, 11) is 0. The maximum absolute atomic E-state index is 12.0. The van der Waals surface area contributed by atoms with Crippen LogP contribution in [-0.2, 0) is 6.61 Å². The summed E-state index contributed by atoms with van der Waals surface area (Å²) in [6.07, 6.45) is 1.54. The minimum atomic E-state index is -0.284. The van der Waals surface area contributed by atoms with Crippen LogP contribution in [0.1, 0.15) is 28.4 Å². The lowest BCUT2D eigenvalue weighted by Gasteiger charge is -2.14. The molecule has 1 amide bonds. The molecule has 1 N–H and O–H groups in total. The number of carbonyl (C=O) groups excluding carboxylic acids is 1. The molecule has 0 radical (unpaired) electrons. The summed E-state index contributed by atoms with van der Waals surface area (Å²) in [5.74, 6) is 0.825. The zero-order chi connectivity index (χ0) is 21.3. The number of hydrazone groups is 1. The van der Waals surface area contributed by atoms with Gasteiger partial charge in [0.15, 0.2) is 11.5 Å². The highest BCUT2D eigenvalue weighted by molar-refractivity contribution is 6.35. The molecular weight excluding hydrogens is 423 g/mol. The van der Waals surface area contributed by atoms with E-state index in [1.54, 1.807) is 54.6 Å². The Morgan fingerprint density at radius 2 is 1.70 bits per heavy atom. The summed E-state index contributed by atoms with van der Waals surface area (Å²) in [5.41, 5.74) is 4.49. The minimum absolute atomic E-state index is 0.207. The van der Waals surface area contributed by atoms with E-state index in [9.17, 15) is 4.79 Å². The average Bonchev–Trinajstić information content (AvgIpc) is 2.75. The molecule has 0 atom stereocenters. The Kier molecular flexibility index (Phi) is 7.71. The third-order valence-electron chi connectivity index (χ3n) is 4.12. The molecule has 0 aliphatic heterocycles. The first-order chi connectivity index (χ1) is 14.6. The number of nitrogens with zero attached hydrogens (tertiary/aromatic N) is 1. The molecule has 0 spiro atoms. The molecule has 0 fully saturated rings. The first kappa shape index (κ1) is 21.7. The second-order valence-corrected chi connectivity index (χ2v) is 7.01. The van der Waals surface area contributed by atoms with Crippen LogP contribution in [0.3, 0.4) is 0 Å². The van der Waals surface area contributed by atoms with Gasteiger partial charge in [-0.1, -0.05) is 47.5 Å². The summed E-state index contributed by atoms with van der Waals surface area (Å²) in [6.45, 7) is 2.56. The lowest BCUT2D eigenvalue weighted by molar-refractivity contribution is 0.0955. The van der Waals surface area contributed by atoms with Crippen LogP contribution in [0.4, 0.5) is 0 Å². The SMILES string of the molecule is CCOc1cc(/C=N/NC(=O)c2ccccc2)ccc1OCc1c(Cl)cccc1Cl. The third kappa shape index (κ3) is 5.75. The highest BCUT2D eigenvalue weighted by Gasteiger charge is 2.10. The number of carbonyl (C=O) groups is 1. The number of rotatable bonds is 8. The Morgan fingerprint density at radius 3 is 2.40 bits per heavy atom. The Labute approximate surface area is 185 Å². The number of nitrogens with one attached hydrogen (secondary N) is 1. The first-order valence-corrected chi connectivity index (χ1v) is 10.0. The monoisotopic (exact) mass is 442 g/mol. The van der Waals surface area contributed by atoms with Crippen LogP contribution in [0, 0.1) is 0 Å². The van der Waals surface area contributed by atoms with Crippen LogP contribution in [0.15, 0.2) is 71.8 Å². The molecule has 3 aromatic rings. The van der Waals surface area contributed by atoms with Crippen molar-refractivity contribution in [1.82, 2.24) is 5.43 Å². The van der Waals surface area contributed by atoms with Gasteiger partial charge in [-0.2, -0.15) is 5.10 Å². The number of ether oxygens (including phenoxy) is 2. The lowest BCUT2D eigenvalue weighted by Crippen LogP contribution is -2.17. The number of hydrogen-bond acceptors (Lipinski definition) is 4. The average molecular weight is 443 g/mol. The lowest BCUT2D eigenvalue weighted by atomic mass is 10.2. The van der Waals surface area contributed by atoms with Gasteiger partial charge in [-0.3, -0.25) is 4.79 Å². The predicted molar refractivity (Wildman–Crippen MR) is 120 cm³/mol. The van der Waals surface area contributed by atoms with Gasteiger partial charge in [-0.05, 0) is 55.0 Å². The van der Waals surface area contributed by atoms with Gasteiger partial charge < -0.3 is 9.47 Å². The predicted octanol–water partition coefficient (Wildman–Crippen LogP) is 5.74. The van der Waals surface area contributed by atoms with E-state index in [-0.39, 0.29) is 12.5 Å². The van der Waals surface area contributed by atoms with Crippen LogP contribution in [-0.4, -0.2) is 18.7 Å². The Balaban J connectivity index is 1.69. The van der Waals surface area contributed by atoms with E-state index in [2.05, 4.69) is 10.5 Å². The second kappa shape index (κ2) is 10.7. The molecule has 0 aliphatic rings. The fourth-order valence-electron chi connectivity index (χ4n) is 2.63. The van der Waals surface area contributed by atoms with Crippen molar-refractivity contribution in [2.45, 2.75) is 13.5 Å². The molecule has 7 heteroatoms. The molecule has 0 saturated carbocycles. The number of hydrogen-bond donors (Lipinski definition) is 1. The van der Waals surface area contributed by atoms with Gasteiger partial charge >= 0.3 is 0 Å². The topological polar surface area (TPSA) is 59.9 Å². The molecule has 0 bridgehead atoms. The largest absolute Gasteiger partial charge is 0.490 e. The van der Waals surface area contributed by atoms with Gasteiger partial charge in [0, 0.05) is 21.2 Å². The molecule has 0 saturated heterocycles. The molecule has 5 nitrogen and oxygen atoms in total. The fraction of sp³-hybridized carbons (Fsp3) is 0.130. The van der Waals surface area contributed by atoms with Gasteiger partial charge in [0.2, 0.25) is 0 Å². The van der Waals surface area contributed by atoms with Gasteiger partial charge in [0.25, 0.3) is 5.91 Å². The van der Waals surface area contributed by atoms with Gasteiger partial charge in [0.1, 0.15) is 6.61 Å².